The van der Waals surface area contributed by atoms with Gasteiger partial charge in [-0.2, -0.15) is 0 Å². The molecule has 1 heterocycles. The monoisotopic (exact) mass is 243 g/mol. The molecule has 0 saturated heterocycles. The van der Waals surface area contributed by atoms with E-state index in [1.165, 1.54) is 6.33 Å². The Morgan fingerprint density at radius 2 is 2.31 bits per heavy atom. The summed E-state index contributed by atoms with van der Waals surface area (Å²) in [6.45, 7) is 2.31. The lowest BCUT2D eigenvalue weighted by Crippen LogP contribution is -2.19. The third-order valence-corrected chi connectivity index (χ3v) is 3.64. The molecule has 0 aromatic carbocycles. The first-order valence-electron chi connectivity index (χ1n) is 5.53. The summed E-state index contributed by atoms with van der Waals surface area (Å²) in [7, 11) is 0. The van der Waals surface area contributed by atoms with Crippen LogP contribution < -0.4 is 5.32 Å². The third kappa shape index (κ3) is 2.43. The molecule has 0 aliphatic heterocycles. The highest BCUT2D eigenvalue weighted by Gasteiger charge is 2.25. The molecule has 2 rings (SSSR count). The molecule has 1 aliphatic carbocycles. The maximum Gasteiger partial charge on any atom is 0.186 e. The van der Waals surface area contributed by atoms with E-state index in [1.807, 2.05) is 0 Å². The molecule has 1 N–H and O–H groups in total. The Hall–Kier alpha value is -0.900. The Morgan fingerprint density at radius 3 is 3.00 bits per heavy atom. The predicted molar refractivity (Wildman–Crippen MR) is 62.2 cm³/mol. The normalized spacial score (nSPS) is 24.7. The second-order valence-corrected chi connectivity index (χ2v) is 4.77. The van der Waals surface area contributed by atoms with Crippen LogP contribution in [-0.4, -0.2) is 21.9 Å². The van der Waals surface area contributed by atoms with E-state index in [0.717, 1.165) is 19.3 Å². The van der Waals surface area contributed by atoms with Gasteiger partial charge in [-0.1, -0.05) is 6.42 Å². The number of halogens is 2. The molecule has 2 unspecified atom stereocenters. The molecule has 1 aromatic rings. The van der Waals surface area contributed by atoms with Gasteiger partial charge in [-0.15, -0.1) is 11.6 Å². The molecular weight excluding hydrogens is 229 g/mol. The number of aryl methyl sites for hydroxylation is 1. The molecule has 1 aliphatic rings. The summed E-state index contributed by atoms with van der Waals surface area (Å²) in [6, 6.07) is 0. The van der Waals surface area contributed by atoms with E-state index in [9.17, 15) is 4.39 Å². The lowest BCUT2D eigenvalue weighted by molar-refractivity contribution is 0.571. The average molecular weight is 244 g/mol. The van der Waals surface area contributed by atoms with E-state index in [2.05, 4.69) is 15.3 Å². The molecule has 1 aromatic heterocycles. The Morgan fingerprint density at radius 1 is 1.50 bits per heavy atom. The second-order valence-electron chi connectivity index (χ2n) is 4.21. The summed E-state index contributed by atoms with van der Waals surface area (Å²) < 4.78 is 13.6. The first-order chi connectivity index (χ1) is 7.68. The smallest absolute Gasteiger partial charge is 0.186 e. The van der Waals surface area contributed by atoms with Crippen molar-refractivity contribution in [3.63, 3.8) is 0 Å². The molecule has 5 heteroatoms. The van der Waals surface area contributed by atoms with E-state index in [4.69, 9.17) is 11.6 Å². The van der Waals surface area contributed by atoms with Crippen molar-refractivity contribution in [1.82, 2.24) is 9.97 Å². The van der Waals surface area contributed by atoms with Crippen LogP contribution in [0, 0.1) is 18.7 Å². The molecule has 0 radical (unpaired) electrons. The van der Waals surface area contributed by atoms with Gasteiger partial charge in [-0.25, -0.2) is 14.4 Å². The van der Waals surface area contributed by atoms with E-state index in [-0.39, 0.29) is 17.0 Å². The molecule has 2 atom stereocenters. The van der Waals surface area contributed by atoms with Crippen LogP contribution in [0.3, 0.4) is 0 Å². The van der Waals surface area contributed by atoms with Crippen LogP contribution in [0.2, 0.25) is 0 Å². The largest absolute Gasteiger partial charge is 0.367 e. The molecule has 88 valence electrons. The van der Waals surface area contributed by atoms with Gasteiger partial charge < -0.3 is 5.32 Å². The van der Waals surface area contributed by atoms with Crippen molar-refractivity contribution in [3.05, 3.63) is 17.8 Å². The van der Waals surface area contributed by atoms with Crippen molar-refractivity contribution < 1.29 is 4.39 Å². The first-order valence-corrected chi connectivity index (χ1v) is 5.97. The van der Waals surface area contributed by atoms with Crippen molar-refractivity contribution in [3.8, 4) is 0 Å². The Bertz CT molecular complexity index is 372. The van der Waals surface area contributed by atoms with Gasteiger partial charge >= 0.3 is 0 Å². The lowest BCUT2D eigenvalue weighted by Gasteiger charge is -2.15. The number of alkyl halides is 1. The number of hydrogen-bond donors (Lipinski definition) is 1. The zero-order valence-electron chi connectivity index (χ0n) is 9.21. The molecule has 0 bridgehead atoms. The quantitative estimate of drug-likeness (QED) is 0.830. The maximum absolute atomic E-state index is 13.6. The van der Waals surface area contributed by atoms with E-state index >= 15 is 0 Å². The fourth-order valence-electron chi connectivity index (χ4n) is 2.03. The van der Waals surface area contributed by atoms with E-state index in [0.29, 0.717) is 18.2 Å². The number of rotatable bonds is 3. The first kappa shape index (κ1) is 11.6. The average Bonchev–Trinajstić information content (AvgIpc) is 2.67. The topological polar surface area (TPSA) is 37.8 Å². The van der Waals surface area contributed by atoms with Crippen LogP contribution in [0.15, 0.2) is 6.33 Å². The SMILES string of the molecule is Cc1ncnc(NCC2CCCC2Cl)c1F. The van der Waals surface area contributed by atoms with Crippen LogP contribution in [-0.2, 0) is 0 Å². The highest BCUT2D eigenvalue weighted by molar-refractivity contribution is 6.20. The number of anilines is 1. The standard InChI is InChI=1S/C11H15ClFN3/c1-7-10(13)11(16-6-15-7)14-5-8-3-2-4-9(8)12/h6,8-9H,2-5H2,1H3,(H,14,15,16). The Balaban J connectivity index is 1.96. The van der Waals surface area contributed by atoms with Crippen molar-refractivity contribution in [2.75, 3.05) is 11.9 Å². The van der Waals surface area contributed by atoms with Gasteiger partial charge in [0.05, 0.1) is 5.69 Å². The van der Waals surface area contributed by atoms with E-state index in [1.54, 1.807) is 6.92 Å². The predicted octanol–water partition coefficient (Wildman–Crippen LogP) is 2.74. The maximum atomic E-state index is 13.6. The van der Waals surface area contributed by atoms with Gasteiger partial charge in [0, 0.05) is 11.9 Å². The number of nitrogens with one attached hydrogen (secondary N) is 1. The molecule has 0 spiro atoms. The van der Waals surface area contributed by atoms with Gasteiger partial charge in [0.1, 0.15) is 6.33 Å². The highest BCUT2D eigenvalue weighted by Crippen LogP contribution is 2.30. The summed E-state index contributed by atoms with van der Waals surface area (Å²) >= 11 is 6.15. The minimum atomic E-state index is -0.369. The van der Waals surface area contributed by atoms with Gasteiger partial charge in [0.2, 0.25) is 0 Å². The zero-order valence-corrected chi connectivity index (χ0v) is 9.97. The number of hydrogen-bond acceptors (Lipinski definition) is 3. The highest BCUT2D eigenvalue weighted by atomic mass is 35.5. The Kier molecular flexibility index (Phi) is 3.59. The minimum absolute atomic E-state index is 0.207. The fraction of sp³-hybridized carbons (Fsp3) is 0.636. The summed E-state index contributed by atoms with van der Waals surface area (Å²) in [5, 5.41) is 3.22. The van der Waals surface area contributed by atoms with Crippen molar-refractivity contribution in [2.45, 2.75) is 31.6 Å². The van der Waals surface area contributed by atoms with Crippen LogP contribution >= 0.6 is 11.6 Å². The molecule has 16 heavy (non-hydrogen) atoms. The lowest BCUT2D eigenvalue weighted by atomic mass is 10.1. The van der Waals surface area contributed by atoms with E-state index < -0.39 is 0 Å². The van der Waals surface area contributed by atoms with Crippen molar-refractivity contribution in [2.24, 2.45) is 5.92 Å². The Labute approximate surface area is 99.4 Å². The molecule has 3 nitrogen and oxygen atoms in total. The fourth-order valence-corrected chi connectivity index (χ4v) is 2.40. The van der Waals surface area contributed by atoms with Gasteiger partial charge in [-0.3, -0.25) is 0 Å². The van der Waals surface area contributed by atoms with Gasteiger partial charge in [-0.05, 0) is 25.7 Å². The van der Waals surface area contributed by atoms with Crippen LogP contribution in [0.4, 0.5) is 10.2 Å². The van der Waals surface area contributed by atoms with Gasteiger partial charge in [0.15, 0.2) is 11.6 Å². The molecular formula is C11H15ClFN3. The van der Waals surface area contributed by atoms with Crippen molar-refractivity contribution in [1.29, 1.82) is 0 Å². The van der Waals surface area contributed by atoms with Crippen LogP contribution in [0.1, 0.15) is 25.0 Å². The van der Waals surface area contributed by atoms with Crippen LogP contribution in [0.5, 0.6) is 0 Å². The molecule has 0 amide bonds. The summed E-state index contributed by atoms with van der Waals surface area (Å²) in [6.07, 6.45) is 4.69. The summed E-state index contributed by atoms with van der Waals surface area (Å²) in [4.78, 5) is 7.67. The number of aromatic nitrogens is 2. The van der Waals surface area contributed by atoms with Crippen LogP contribution in [0.25, 0.3) is 0 Å². The third-order valence-electron chi connectivity index (χ3n) is 3.06. The summed E-state index contributed by atoms with van der Waals surface area (Å²) in [5.74, 6) is 0.325. The second kappa shape index (κ2) is 4.95. The minimum Gasteiger partial charge on any atom is -0.367 e. The summed E-state index contributed by atoms with van der Waals surface area (Å²) in [5.41, 5.74) is 0.367. The van der Waals surface area contributed by atoms with Gasteiger partial charge in [0.25, 0.3) is 0 Å². The molecule has 1 fully saturated rings. The number of nitrogens with zero attached hydrogens (tertiary/aromatic N) is 2. The molecule has 1 saturated carbocycles. The zero-order chi connectivity index (χ0) is 11.5. The van der Waals surface area contributed by atoms with Crippen molar-refractivity contribution >= 4 is 17.4 Å².